The average molecular weight is 1060 g/mol. The molecule has 2 aromatic rings. The van der Waals surface area contributed by atoms with E-state index in [1.54, 1.807) is 12.1 Å². The van der Waals surface area contributed by atoms with Gasteiger partial charge in [-0.2, -0.15) is 0 Å². The molecule has 0 fully saturated rings. The summed E-state index contributed by atoms with van der Waals surface area (Å²) in [7, 11) is -9.57. The van der Waals surface area contributed by atoms with Crippen molar-refractivity contribution in [3.8, 4) is 0 Å². The molecule has 2 rings (SSSR count). The number of rotatable bonds is 40. The van der Waals surface area contributed by atoms with Crippen LogP contribution in [0.25, 0.3) is 0 Å². The van der Waals surface area contributed by atoms with Crippen LogP contribution in [0.15, 0.2) is 48.5 Å². The smallest absolute Gasteiger partial charge is 0.745 e. The van der Waals surface area contributed by atoms with Crippen LogP contribution in [0.4, 0.5) is 0 Å². The van der Waals surface area contributed by atoms with Gasteiger partial charge in [-0.3, -0.25) is 0 Å². The molecule has 2 aromatic carbocycles. The Morgan fingerprint density at radius 2 is 0.577 bits per heavy atom. The van der Waals surface area contributed by atoms with E-state index >= 15 is 0 Å². The number of unbranched alkanes of at least 4 members (excludes halogenated alkanes) is 28. The molecule has 2 unspecified atom stereocenters. The predicted octanol–water partition coefficient (Wildman–Crippen LogP) is 13.1. The summed E-state index contributed by atoms with van der Waals surface area (Å²) in [5, 5.41) is 0. The first kappa shape index (κ1) is 68.4. The normalized spacial score (nSPS) is 12.1. The molecule has 0 N–H and O–H groups in total. The van der Waals surface area contributed by atoms with Crippen LogP contribution in [-0.4, -0.2) is 112 Å². The van der Waals surface area contributed by atoms with Crippen LogP contribution < -0.4 is 0 Å². The fraction of sp³-hybridized carbons (Fsp3) is 0.704. The summed E-state index contributed by atoms with van der Waals surface area (Å²) in [5.41, 5.74) is -4.00. The first-order valence-corrected chi connectivity index (χ1v) is 29.3. The van der Waals surface area contributed by atoms with Gasteiger partial charge in [0.1, 0.15) is 20.2 Å². The molecule has 0 heterocycles. The predicted molar refractivity (Wildman–Crippen MR) is 278 cm³/mol. The minimum absolute atomic E-state index is 0. The molecular weight excluding hydrogens is 977 g/mol. The summed E-state index contributed by atoms with van der Waals surface area (Å²) in [6.45, 7) is 6.92. The Balaban J connectivity index is 0.00000136. The van der Waals surface area contributed by atoms with Gasteiger partial charge in [0.2, 0.25) is 0 Å². The van der Waals surface area contributed by atoms with Crippen molar-refractivity contribution in [3.63, 3.8) is 0 Å². The summed E-state index contributed by atoms with van der Waals surface area (Å²) in [6, 6.07) is 11.6. The molecule has 0 aliphatic rings. The van der Waals surface area contributed by atoms with Crippen LogP contribution in [-0.2, 0) is 39.2 Å². The Morgan fingerprint density at radius 3 is 0.789 bits per heavy atom. The molecule has 0 spiro atoms. The average Bonchev–Trinajstić information content (AvgIpc) is 3.33. The fourth-order valence-corrected chi connectivity index (χ4v) is 8.07. The number of hydrogen-bond donors (Lipinski definition) is 0. The van der Waals surface area contributed by atoms with Crippen LogP contribution in [0.3, 0.4) is 0 Å². The second kappa shape index (κ2) is 42.7. The van der Waals surface area contributed by atoms with Crippen LogP contribution in [0.1, 0.15) is 262 Å². The number of benzene rings is 2. The summed E-state index contributed by atoms with van der Waals surface area (Å²) >= 11 is 0. The minimum atomic E-state index is -4.79. The van der Waals surface area contributed by atoms with Gasteiger partial charge in [0.05, 0.1) is 35.5 Å². The molecule has 2 atom stereocenters. The maximum absolute atomic E-state index is 12.4. The van der Waals surface area contributed by atoms with Crippen LogP contribution >= 0.6 is 0 Å². The van der Waals surface area contributed by atoms with E-state index in [1.807, 2.05) is 0 Å². The van der Waals surface area contributed by atoms with E-state index in [-0.39, 0.29) is 73.2 Å². The molecule has 400 valence electrons. The number of esters is 4. The third kappa shape index (κ3) is 34.5. The molecule has 0 aliphatic heterocycles. The van der Waals surface area contributed by atoms with Gasteiger partial charge in [-0.05, 0) is 51.0 Å². The van der Waals surface area contributed by atoms with Gasteiger partial charge in [-0.25, -0.2) is 36.0 Å². The monoisotopic (exact) mass is 1060 g/mol. The number of carbonyl (C=O) groups excluding carboxylic acids is 4. The topological polar surface area (TPSA) is 220 Å². The molecule has 0 bridgehead atoms. The summed E-state index contributed by atoms with van der Waals surface area (Å²) in [5.74, 6) is -3.48. The van der Waals surface area contributed by atoms with E-state index in [1.165, 1.54) is 190 Å². The van der Waals surface area contributed by atoms with Gasteiger partial charge < -0.3 is 28.1 Å². The molecule has 0 radical (unpaired) electrons. The van der Waals surface area contributed by atoms with Crippen LogP contribution in [0.2, 0.25) is 0 Å². The van der Waals surface area contributed by atoms with Gasteiger partial charge in [0, 0.05) is 0 Å². The third-order valence-electron chi connectivity index (χ3n) is 12.1. The second-order valence-electron chi connectivity index (χ2n) is 18.2. The first-order valence-electron chi connectivity index (χ1n) is 26.4. The standard InChI is InChI=1S/2C27H44O7S.Ca/c2*1-3-4-5-6-7-8-9-10-11-12-13-14-15-16-19-22-33-26(28)24-20-17-18-21-25(24)27(29)34-23(2)35(30,31)32;/h2*17-18,20-21,23H,3-16,19,22H2,1-2H3,(H,30,31,32);/q;;+2/p-2. The Hall–Kier alpha value is -2.60. The Bertz CT molecular complexity index is 1820. The van der Waals surface area contributed by atoms with E-state index in [0.29, 0.717) is 0 Å². The van der Waals surface area contributed by atoms with E-state index in [2.05, 4.69) is 23.3 Å². The van der Waals surface area contributed by atoms with E-state index < -0.39 is 55.0 Å². The largest absolute Gasteiger partial charge is 2.00 e. The van der Waals surface area contributed by atoms with Crippen molar-refractivity contribution in [2.24, 2.45) is 0 Å². The molecule has 0 aromatic heterocycles. The molecule has 14 nitrogen and oxygen atoms in total. The fourth-order valence-electron chi connectivity index (χ4n) is 7.66. The van der Waals surface area contributed by atoms with Gasteiger partial charge in [0.25, 0.3) is 0 Å². The molecule has 71 heavy (non-hydrogen) atoms. The minimum Gasteiger partial charge on any atom is -0.745 e. The zero-order chi connectivity index (χ0) is 51.9. The summed E-state index contributed by atoms with van der Waals surface area (Å²) in [6.07, 6.45) is 37.4. The Labute approximate surface area is 457 Å². The molecular formula is C54H86CaO14S2. The molecule has 0 aliphatic carbocycles. The van der Waals surface area contributed by atoms with Gasteiger partial charge >= 0.3 is 61.6 Å². The van der Waals surface area contributed by atoms with Crippen LogP contribution in [0.5, 0.6) is 0 Å². The van der Waals surface area contributed by atoms with Crippen molar-refractivity contribution < 1.29 is 64.1 Å². The van der Waals surface area contributed by atoms with Crippen LogP contribution in [0, 0.1) is 0 Å². The van der Waals surface area contributed by atoms with Gasteiger partial charge in [-0.1, -0.05) is 218 Å². The van der Waals surface area contributed by atoms with E-state index in [0.717, 1.165) is 52.4 Å². The summed E-state index contributed by atoms with van der Waals surface area (Å²) in [4.78, 5) is 49.2. The molecule has 0 amide bonds. The zero-order valence-corrected chi connectivity index (χ0v) is 47.5. The SMILES string of the molecule is CCCCCCCCCCCCCCCCCOC(=O)c1ccccc1C(=O)OC(C)S(=O)(=O)[O-].CCCCCCCCCCCCCCCCCOC(=O)c1ccccc1C(=O)OC(C)S(=O)(=O)[O-].[Ca+2]. The van der Waals surface area contributed by atoms with E-state index in [9.17, 15) is 45.1 Å². The van der Waals surface area contributed by atoms with Crippen molar-refractivity contribution >= 4 is 81.9 Å². The van der Waals surface area contributed by atoms with Gasteiger partial charge in [0.15, 0.2) is 10.9 Å². The second-order valence-corrected chi connectivity index (χ2v) is 21.5. The number of hydrogen-bond acceptors (Lipinski definition) is 14. The maximum atomic E-state index is 12.4. The van der Waals surface area contributed by atoms with Crippen molar-refractivity contribution in [2.45, 2.75) is 231 Å². The Morgan fingerprint density at radius 1 is 0.380 bits per heavy atom. The summed E-state index contributed by atoms with van der Waals surface area (Å²) < 4.78 is 85.7. The van der Waals surface area contributed by atoms with Crippen molar-refractivity contribution in [1.29, 1.82) is 0 Å². The number of carbonyl (C=O) groups is 4. The van der Waals surface area contributed by atoms with Crippen molar-refractivity contribution in [1.82, 2.24) is 0 Å². The zero-order valence-electron chi connectivity index (χ0n) is 43.6. The van der Waals surface area contributed by atoms with Crippen molar-refractivity contribution in [2.75, 3.05) is 13.2 Å². The third-order valence-corrected chi connectivity index (χ3v) is 13.9. The first-order chi connectivity index (χ1) is 33.5. The molecule has 0 saturated carbocycles. The Kier molecular flexibility index (Phi) is 41.2. The number of ether oxygens (including phenoxy) is 4. The van der Waals surface area contributed by atoms with Gasteiger partial charge in [-0.15, -0.1) is 0 Å². The van der Waals surface area contributed by atoms with E-state index in [4.69, 9.17) is 9.47 Å². The maximum Gasteiger partial charge on any atom is 2.00 e. The molecule has 0 saturated heterocycles. The quantitative estimate of drug-likeness (QED) is 0.0199. The van der Waals surface area contributed by atoms with Crippen molar-refractivity contribution in [3.05, 3.63) is 70.8 Å². The molecule has 17 heteroatoms.